The van der Waals surface area contributed by atoms with E-state index in [0.29, 0.717) is 22.0 Å². The molecule has 1 amide bonds. The largest absolute Gasteiger partial charge is 0.271 e. The quantitative estimate of drug-likeness (QED) is 0.394. The molecule has 150 valence electrons. The summed E-state index contributed by atoms with van der Waals surface area (Å²) >= 11 is 0. The molecule has 1 N–H and O–H groups in total. The molecule has 1 aromatic heterocycles. The van der Waals surface area contributed by atoms with Gasteiger partial charge >= 0.3 is 0 Å². The second kappa shape index (κ2) is 7.96. The number of nitrogens with zero attached hydrogens (tertiary/aromatic N) is 2. The van der Waals surface area contributed by atoms with Crippen molar-refractivity contribution >= 4 is 33.0 Å². The van der Waals surface area contributed by atoms with Crippen molar-refractivity contribution in [1.82, 2.24) is 9.40 Å². The van der Waals surface area contributed by atoms with Crippen molar-refractivity contribution in [3.8, 4) is 0 Å². The lowest BCUT2D eigenvalue weighted by atomic mass is 10.2. The van der Waals surface area contributed by atoms with Gasteiger partial charge in [0.15, 0.2) is 0 Å². The summed E-state index contributed by atoms with van der Waals surface area (Å²) in [6.07, 6.45) is 2.96. The number of fused-ring (bicyclic) bond motifs is 1. The maximum absolute atomic E-state index is 13.2. The average Bonchev–Trinajstić information content (AvgIpc) is 3.14. The number of hydrazone groups is 1. The van der Waals surface area contributed by atoms with Gasteiger partial charge in [-0.3, -0.25) is 4.79 Å². The van der Waals surface area contributed by atoms with Crippen LogP contribution in [0.25, 0.3) is 10.9 Å². The van der Waals surface area contributed by atoms with E-state index in [1.54, 1.807) is 60.7 Å². The Kier molecular flexibility index (Phi) is 5.20. The first-order valence-corrected chi connectivity index (χ1v) is 10.7. The minimum atomic E-state index is -3.78. The number of amides is 1. The molecule has 30 heavy (non-hydrogen) atoms. The lowest BCUT2D eigenvalue weighted by molar-refractivity contribution is 0.0955. The number of hydrogen-bond donors (Lipinski definition) is 1. The zero-order valence-corrected chi connectivity index (χ0v) is 17.0. The third-order valence-corrected chi connectivity index (χ3v) is 6.38. The fourth-order valence-corrected chi connectivity index (χ4v) is 4.49. The SMILES string of the molecule is Cc1ccc(S(=O)(=O)n2cc(/C=N/NC(=O)c3ccccc3)c3ccccc32)cc1. The highest BCUT2D eigenvalue weighted by molar-refractivity contribution is 7.90. The third-order valence-electron chi connectivity index (χ3n) is 4.69. The first-order valence-electron chi connectivity index (χ1n) is 9.27. The molecule has 4 rings (SSSR count). The van der Waals surface area contributed by atoms with E-state index in [4.69, 9.17) is 0 Å². The van der Waals surface area contributed by atoms with E-state index in [-0.39, 0.29) is 10.8 Å². The molecule has 0 aliphatic rings. The van der Waals surface area contributed by atoms with E-state index in [0.717, 1.165) is 5.56 Å². The standard InChI is InChI=1S/C23H19N3O3S/c1-17-11-13-20(14-12-17)30(28,29)26-16-19(21-9-5-6-10-22(21)26)15-24-25-23(27)18-7-3-2-4-8-18/h2-16H,1H3,(H,25,27)/b24-15+. The molecule has 0 spiro atoms. The normalized spacial score (nSPS) is 11.8. The van der Waals surface area contributed by atoms with Gasteiger partial charge in [0.2, 0.25) is 0 Å². The Bertz CT molecular complexity index is 1340. The van der Waals surface area contributed by atoms with Gasteiger partial charge in [-0.25, -0.2) is 17.8 Å². The molecule has 3 aromatic carbocycles. The zero-order valence-electron chi connectivity index (χ0n) is 16.2. The molecule has 0 unspecified atom stereocenters. The first-order chi connectivity index (χ1) is 14.5. The van der Waals surface area contributed by atoms with Gasteiger partial charge in [-0.1, -0.05) is 54.1 Å². The van der Waals surface area contributed by atoms with Crippen molar-refractivity contribution in [3.05, 3.63) is 102 Å². The van der Waals surface area contributed by atoms with E-state index in [1.165, 1.54) is 16.4 Å². The Morgan fingerprint density at radius 1 is 0.933 bits per heavy atom. The van der Waals surface area contributed by atoms with Crippen molar-refractivity contribution < 1.29 is 13.2 Å². The number of benzene rings is 3. The van der Waals surface area contributed by atoms with Crippen LogP contribution in [0.3, 0.4) is 0 Å². The number of aryl methyl sites for hydroxylation is 1. The van der Waals surface area contributed by atoms with Gasteiger partial charge in [-0.15, -0.1) is 0 Å². The van der Waals surface area contributed by atoms with Crippen LogP contribution in [0.2, 0.25) is 0 Å². The van der Waals surface area contributed by atoms with Gasteiger partial charge in [-0.05, 0) is 37.3 Å². The minimum Gasteiger partial charge on any atom is -0.267 e. The van der Waals surface area contributed by atoms with Gasteiger partial charge in [-0.2, -0.15) is 5.10 Å². The van der Waals surface area contributed by atoms with E-state index < -0.39 is 10.0 Å². The van der Waals surface area contributed by atoms with Crippen LogP contribution < -0.4 is 5.43 Å². The summed E-state index contributed by atoms with van der Waals surface area (Å²) in [5, 5.41) is 4.73. The van der Waals surface area contributed by atoms with Gasteiger partial charge in [0.1, 0.15) is 0 Å². The third kappa shape index (κ3) is 3.75. The molecule has 0 atom stereocenters. The molecule has 0 saturated carbocycles. The van der Waals surface area contributed by atoms with Crippen molar-refractivity contribution in [2.24, 2.45) is 5.10 Å². The van der Waals surface area contributed by atoms with Crippen LogP contribution in [0.15, 0.2) is 95.1 Å². The number of nitrogens with one attached hydrogen (secondary N) is 1. The van der Waals surface area contributed by atoms with E-state index >= 15 is 0 Å². The topological polar surface area (TPSA) is 80.5 Å². The first kappa shape index (κ1) is 19.6. The van der Waals surface area contributed by atoms with Crippen molar-refractivity contribution in [1.29, 1.82) is 0 Å². The van der Waals surface area contributed by atoms with Crippen molar-refractivity contribution in [2.45, 2.75) is 11.8 Å². The molecule has 4 aromatic rings. The van der Waals surface area contributed by atoms with Crippen LogP contribution in [-0.4, -0.2) is 24.5 Å². The molecular formula is C23H19N3O3S. The van der Waals surface area contributed by atoms with Crippen LogP contribution in [0.4, 0.5) is 0 Å². The van der Waals surface area contributed by atoms with E-state index in [9.17, 15) is 13.2 Å². The summed E-state index contributed by atoms with van der Waals surface area (Å²) in [6.45, 7) is 1.90. The smallest absolute Gasteiger partial charge is 0.267 e. The summed E-state index contributed by atoms with van der Waals surface area (Å²) in [5.41, 5.74) is 5.05. The molecule has 6 nitrogen and oxygen atoms in total. The monoisotopic (exact) mass is 417 g/mol. The number of para-hydroxylation sites is 1. The highest BCUT2D eigenvalue weighted by Crippen LogP contribution is 2.25. The van der Waals surface area contributed by atoms with Gasteiger partial charge in [0.25, 0.3) is 15.9 Å². The highest BCUT2D eigenvalue weighted by Gasteiger charge is 2.20. The molecule has 1 heterocycles. The van der Waals surface area contributed by atoms with Crippen LogP contribution >= 0.6 is 0 Å². The molecule has 0 radical (unpaired) electrons. The molecule has 0 aliphatic heterocycles. The zero-order chi connectivity index (χ0) is 21.1. The number of carbonyl (C=O) groups excluding carboxylic acids is 1. The number of rotatable bonds is 5. The number of aromatic nitrogens is 1. The Balaban J connectivity index is 1.69. The molecule has 0 aliphatic carbocycles. The number of carbonyl (C=O) groups is 1. The van der Waals surface area contributed by atoms with Gasteiger partial charge < -0.3 is 0 Å². The van der Waals surface area contributed by atoms with Crippen molar-refractivity contribution in [2.75, 3.05) is 0 Å². The fraction of sp³-hybridized carbons (Fsp3) is 0.0435. The fourth-order valence-electron chi connectivity index (χ4n) is 3.12. The van der Waals surface area contributed by atoms with E-state index in [2.05, 4.69) is 10.5 Å². The van der Waals surface area contributed by atoms with Gasteiger partial charge in [0.05, 0.1) is 16.6 Å². The van der Waals surface area contributed by atoms with Crippen LogP contribution in [-0.2, 0) is 10.0 Å². The second-order valence-corrected chi connectivity index (χ2v) is 8.60. The Morgan fingerprint density at radius 2 is 1.60 bits per heavy atom. The minimum absolute atomic E-state index is 0.203. The molecular weight excluding hydrogens is 398 g/mol. The summed E-state index contributed by atoms with van der Waals surface area (Å²) in [7, 11) is -3.78. The summed E-state index contributed by atoms with van der Waals surface area (Å²) < 4.78 is 27.6. The molecule has 0 saturated heterocycles. The summed E-state index contributed by atoms with van der Waals surface area (Å²) in [6, 6.07) is 22.6. The predicted octanol–water partition coefficient (Wildman–Crippen LogP) is 3.95. The Labute approximate surface area is 174 Å². The van der Waals surface area contributed by atoms with Crippen LogP contribution in [0.1, 0.15) is 21.5 Å². The van der Waals surface area contributed by atoms with Crippen molar-refractivity contribution in [3.63, 3.8) is 0 Å². The van der Waals surface area contributed by atoms with Gasteiger partial charge in [0, 0.05) is 22.7 Å². The number of hydrogen-bond acceptors (Lipinski definition) is 4. The van der Waals surface area contributed by atoms with Crippen LogP contribution in [0.5, 0.6) is 0 Å². The Hall–Kier alpha value is -3.71. The maximum atomic E-state index is 13.2. The molecule has 0 fully saturated rings. The summed E-state index contributed by atoms with van der Waals surface area (Å²) in [5.74, 6) is -0.345. The molecule has 0 bridgehead atoms. The lowest BCUT2D eigenvalue weighted by Gasteiger charge is -2.07. The maximum Gasteiger partial charge on any atom is 0.271 e. The van der Waals surface area contributed by atoms with Crippen LogP contribution in [0, 0.1) is 6.92 Å². The summed E-state index contributed by atoms with van der Waals surface area (Å²) in [4.78, 5) is 12.4. The van der Waals surface area contributed by atoms with E-state index in [1.807, 2.05) is 25.1 Å². The molecule has 7 heteroatoms. The highest BCUT2D eigenvalue weighted by atomic mass is 32.2. The predicted molar refractivity (Wildman–Crippen MR) is 117 cm³/mol. The second-order valence-electron chi connectivity index (χ2n) is 6.78. The lowest BCUT2D eigenvalue weighted by Crippen LogP contribution is -2.17. The Morgan fingerprint density at radius 3 is 2.33 bits per heavy atom. The average molecular weight is 417 g/mol.